The average Bonchev–Trinajstić information content (AvgIpc) is 2.36. The van der Waals surface area contributed by atoms with Gasteiger partial charge in [0.1, 0.15) is 0 Å². The zero-order chi connectivity index (χ0) is 13.0. The number of hydrogen-bond acceptors (Lipinski definition) is 1. The van der Waals surface area contributed by atoms with Gasteiger partial charge in [-0.3, -0.25) is 0 Å². The first-order valence-electron chi connectivity index (χ1n) is 6.17. The number of halogens is 1. The van der Waals surface area contributed by atoms with E-state index < -0.39 is 0 Å². The molecule has 1 N–H and O–H groups in total. The molecular formula is C16H18BrN. The van der Waals surface area contributed by atoms with Crippen LogP contribution in [0.15, 0.2) is 46.9 Å². The first kappa shape index (κ1) is 13.3. The maximum absolute atomic E-state index is 3.57. The Kier molecular flexibility index (Phi) is 4.56. The topological polar surface area (TPSA) is 12.0 Å². The molecule has 0 spiro atoms. The van der Waals surface area contributed by atoms with Gasteiger partial charge in [0.25, 0.3) is 0 Å². The maximum atomic E-state index is 3.57. The van der Waals surface area contributed by atoms with E-state index in [2.05, 4.69) is 77.6 Å². The third-order valence-corrected chi connectivity index (χ3v) is 4.00. The lowest BCUT2D eigenvalue weighted by Gasteiger charge is -2.08. The molecule has 2 rings (SSSR count). The summed E-state index contributed by atoms with van der Waals surface area (Å²) >= 11 is 3.57. The smallest absolute Gasteiger partial charge is 0.0211 e. The van der Waals surface area contributed by atoms with Crippen LogP contribution in [-0.4, -0.2) is 0 Å². The fourth-order valence-electron chi connectivity index (χ4n) is 1.90. The van der Waals surface area contributed by atoms with Gasteiger partial charge in [-0.2, -0.15) is 0 Å². The molecule has 0 fully saturated rings. The summed E-state index contributed by atoms with van der Waals surface area (Å²) in [5, 5.41) is 3.48. The Morgan fingerprint density at radius 3 is 2.44 bits per heavy atom. The Morgan fingerprint density at radius 1 is 0.944 bits per heavy atom. The second-order valence-electron chi connectivity index (χ2n) is 4.61. The third-order valence-electron chi connectivity index (χ3n) is 3.14. The highest BCUT2D eigenvalue weighted by Gasteiger charge is 1.99. The lowest BCUT2D eigenvalue weighted by molar-refractivity contribution is 0.690. The summed E-state index contributed by atoms with van der Waals surface area (Å²) in [5.74, 6) is 0. The molecule has 0 atom stereocenters. The molecule has 0 aliphatic rings. The summed E-state index contributed by atoms with van der Waals surface area (Å²) in [5.41, 5.74) is 5.29. The Bertz CT molecular complexity index is 534. The Balaban J connectivity index is 1.92. The summed E-state index contributed by atoms with van der Waals surface area (Å²) in [6.07, 6.45) is 0. The SMILES string of the molecule is Cc1ccc(CNCc2ccccc2C)cc1Br. The molecular weight excluding hydrogens is 286 g/mol. The van der Waals surface area contributed by atoms with Crippen LogP contribution in [0.2, 0.25) is 0 Å². The second kappa shape index (κ2) is 6.17. The minimum absolute atomic E-state index is 0.896. The Labute approximate surface area is 117 Å². The van der Waals surface area contributed by atoms with Crippen molar-refractivity contribution in [2.75, 3.05) is 0 Å². The van der Waals surface area contributed by atoms with E-state index in [0.29, 0.717) is 0 Å². The largest absolute Gasteiger partial charge is 0.309 e. The second-order valence-corrected chi connectivity index (χ2v) is 5.47. The van der Waals surface area contributed by atoms with E-state index in [-0.39, 0.29) is 0 Å². The van der Waals surface area contributed by atoms with Crippen molar-refractivity contribution in [3.8, 4) is 0 Å². The van der Waals surface area contributed by atoms with E-state index in [1.165, 1.54) is 26.7 Å². The summed E-state index contributed by atoms with van der Waals surface area (Å²) in [6.45, 7) is 6.07. The fourth-order valence-corrected chi connectivity index (χ4v) is 2.32. The van der Waals surface area contributed by atoms with Crippen LogP contribution < -0.4 is 5.32 Å². The van der Waals surface area contributed by atoms with Gasteiger partial charge in [0.15, 0.2) is 0 Å². The summed E-state index contributed by atoms with van der Waals surface area (Å²) in [4.78, 5) is 0. The highest BCUT2D eigenvalue weighted by molar-refractivity contribution is 9.10. The van der Waals surface area contributed by atoms with Crippen LogP contribution in [0.25, 0.3) is 0 Å². The first-order valence-corrected chi connectivity index (χ1v) is 6.96. The number of benzene rings is 2. The lowest BCUT2D eigenvalue weighted by atomic mass is 10.1. The molecule has 94 valence electrons. The fraction of sp³-hybridized carbons (Fsp3) is 0.250. The van der Waals surface area contributed by atoms with Crippen LogP contribution in [0.1, 0.15) is 22.3 Å². The highest BCUT2D eigenvalue weighted by atomic mass is 79.9. The van der Waals surface area contributed by atoms with Gasteiger partial charge in [-0.15, -0.1) is 0 Å². The predicted octanol–water partition coefficient (Wildman–Crippen LogP) is 4.36. The zero-order valence-electron chi connectivity index (χ0n) is 10.8. The number of rotatable bonds is 4. The minimum Gasteiger partial charge on any atom is -0.309 e. The van der Waals surface area contributed by atoms with Gasteiger partial charge in [-0.25, -0.2) is 0 Å². The molecule has 2 heteroatoms. The minimum atomic E-state index is 0.896. The third kappa shape index (κ3) is 3.44. The van der Waals surface area contributed by atoms with Crippen molar-refractivity contribution in [2.24, 2.45) is 0 Å². The molecule has 0 bridgehead atoms. The molecule has 0 aliphatic carbocycles. The quantitative estimate of drug-likeness (QED) is 0.885. The summed E-state index contributed by atoms with van der Waals surface area (Å²) in [6, 6.07) is 15.0. The van der Waals surface area contributed by atoms with Crippen LogP contribution in [0, 0.1) is 13.8 Å². The molecule has 0 aromatic heterocycles. The zero-order valence-corrected chi connectivity index (χ0v) is 12.4. The molecule has 0 saturated heterocycles. The van der Waals surface area contributed by atoms with E-state index in [9.17, 15) is 0 Å². The molecule has 0 unspecified atom stereocenters. The number of aryl methyl sites for hydroxylation is 2. The van der Waals surface area contributed by atoms with E-state index in [0.717, 1.165) is 13.1 Å². The molecule has 0 saturated carbocycles. The molecule has 18 heavy (non-hydrogen) atoms. The average molecular weight is 304 g/mol. The van der Waals surface area contributed by atoms with Crippen molar-refractivity contribution >= 4 is 15.9 Å². The van der Waals surface area contributed by atoms with Gasteiger partial charge in [0.2, 0.25) is 0 Å². The summed E-state index contributed by atoms with van der Waals surface area (Å²) < 4.78 is 1.18. The van der Waals surface area contributed by atoms with Crippen molar-refractivity contribution in [1.82, 2.24) is 5.32 Å². The van der Waals surface area contributed by atoms with Crippen molar-refractivity contribution in [3.63, 3.8) is 0 Å². The van der Waals surface area contributed by atoms with Gasteiger partial charge in [-0.1, -0.05) is 52.3 Å². The number of hydrogen-bond donors (Lipinski definition) is 1. The first-order chi connectivity index (χ1) is 8.66. The van der Waals surface area contributed by atoms with Gasteiger partial charge in [-0.05, 0) is 42.2 Å². The van der Waals surface area contributed by atoms with Gasteiger partial charge in [0, 0.05) is 17.6 Å². The predicted molar refractivity (Wildman–Crippen MR) is 80.6 cm³/mol. The van der Waals surface area contributed by atoms with Gasteiger partial charge < -0.3 is 5.32 Å². The molecule has 2 aromatic rings. The molecule has 0 radical (unpaired) electrons. The monoisotopic (exact) mass is 303 g/mol. The van der Waals surface area contributed by atoms with E-state index in [4.69, 9.17) is 0 Å². The van der Waals surface area contributed by atoms with Crippen molar-refractivity contribution in [3.05, 3.63) is 69.2 Å². The van der Waals surface area contributed by atoms with Crippen LogP contribution in [0.4, 0.5) is 0 Å². The Hall–Kier alpha value is -1.12. The van der Waals surface area contributed by atoms with Gasteiger partial charge in [0.05, 0.1) is 0 Å². The molecule has 0 heterocycles. The van der Waals surface area contributed by atoms with Gasteiger partial charge >= 0.3 is 0 Å². The van der Waals surface area contributed by atoms with Crippen LogP contribution in [0.5, 0.6) is 0 Å². The molecule has 0 aliphatic heterocycles. The normalized spacial score (nSPS) is 10.6. The van der Waals surface area contributed by atoms with Crippen LogP contribution in [0.3, 0.4) is 0 Å². The van der Waals surface area contributed by atoms with E-state index in [1.807, 2.05) is 0 Å². The standard InChI is InChI=1S/C16H18BrN/c1-12-5-3-4-6-15(12)11-18-10-14-8-7-13(2)16(17)9-14/h3-9,18H,10-11H2,1-2H3. The highest BCUT2D eigenvalue weighted by Crippen LogP contribution is 2.17. The molecule has 2 aromatic carbocycles. The lowest BCUT2D eigenvalue weighted by Crippen LogP contribution is -2.13. The Morgan fingerprint density at radius 2 is 1.72 bits per heavy atom. The van der Waals surface area contributed by atoms with Crippen LogP contribution in [-0.2, 0) is 13.1 Å². The van der Waals surface area contributed by atoms with Crippen LogP contribution >= 0.6 is 15.9 Å². The number of nitrogens with one attached hydrogen (secondary N) is 1. The van der Waals surface area contributed by atoms with Crippen molar-refractivity contribution < 1.29 is 0 Å². The maximum Gasteiger partial charge on any atom is 0.0211 e. The summed E-state index contributed by atoms with van der Waals surface area (Å²) in [7, 11) is 0. The van der Waals surface area contributed by atoms with E-state index in [1.54, 1.807) is 0 Å². The molecule has 1 nitrogen and oxygen atoms in total. The van der Waals surface area contributed by atoms with Crippen molar-refractivity contribution in [1.29, 1.82) is 0 Å². The molecule has 0 amide bonds. The van der Waals surface area contributed by atoms with Crippen molar-refractivity contribution in [2.45, 2.75) is 26.9 Å². The van der Waals surface area contributed by atoms with E-state index >= 15 is 0 Å².